The van der Waals surface area contributed by atoms with Crippen LogP contribution in [0.5, 0.6) is 0 Å². The summed E-state index contributed by atoms with van der Waals surface area (Å²) in [5, 5.41) is 5.15. The first-order valence-electron chi connectivity index (χ1n) is 11.2. The highest BCUT2D eigenvalue weighted by Gasteiger charge is 2.36. The Labute approximate surface area is 186 Å². The van der Waals surface area contributed by atoms with Crippen LogP contribution in [0, 0.1) is 0 Å². The molecule has 0 amide bonds. The maximum Gasteiger partial charge on any atom is 0.0702 e. The van der Waals surface area contributed by atoms with Gasteiger partial charge in [0.25, 0.3) is 0 Å². The summed E-state index contributed by atoms with van der Waals surface area (Å²) in [4.78, 5) is 8.18. The molecule has 0 saturated carbocycles. The lowest BCUT2D eigenvalue weighted by molar-refractivity contribution is 0.666. The Hall–Kier alpha value is -3.91. The average Bonchev–Trinajstić information content (AvgIpc) is 3.30. The number of fused-ring (bicyclic) bond motifs is 8. The van der Waals surface area contributed by atoms with Crippen LogP contribution in [0.4, 0.5) is 0 Å². The number of nitrogens with one attached hydrogen (secondary N) is 1. The van der Waals surface area contributed by atoms with Crippen molar-refractivity contribution in [1.82, 2.24) is 9.97 Å². The minimum Gasteiger partial charge on any atom is -0.354 e. The van der Waals surface area contributed by atoms with E-state index in [0.717, 1.165) is 16.8 Å². The largest absolute Gasteiger partial charge is 0.354 e. The Morgan fingerprint density at radius 2 is 1.53 bits per heavy atom. The molecule has 6 aromatic rings. The van der Waals surface area contributed by atoms with Crippen LogP contribution in [-0.2, 0) is 5.41 Å². The molecule has 2 heteroatoms. The zero-order valence-electron chi connectivity index (χ0n) is 18.1. The molecule has 2 heterocycles. The molecule has 1 N–H and O–H groups in total. The molecule has 0 spiro atoms. The first-order valence-corrected chi connectivity index (χ1v) is 11.2. The van der Waals surface area contributed by atoms with Gasteiger partial charge < -0.3 is 4.98 Å². The third-order valence-corrected chi connectivity index (χ3v) is 7.21. The normalized spacial score (nSPS) is 14.2. The van der Waals surface area contributed by atoms with Crippen molar-refractivity contribution in [2.75, 3.05) is 0 Å². The van der Waals surface area contributed by atoms with E-state index in [1.807, 2.05) is 18.3 Å². The van der Waals surface area contributed by atoms with E-state index < -0.39 is 0 Å². The number of rotatable bonds is 1. The van der Waals surface area contributed by atoms with E-state index in [2.05, 4.69) is 96.6 Å². The zero-order chi connectivity index (χ0) is 21.4. The number of pyridine rings is 1. The molecule has 0 aliphatic heterocycles. The topological polar surface area (TPSA) is 28.7 Å². The van der Waals surface area contributed by atoms with Gasteiger partial charge in [-0.15, -0.1) is 0 Å². The van der Waals surface area contributed by atoms with Crippen molar-refractivity contribution in [3.8, 4) is 22.4 Å². The molecular weight excluding hydrogens is 388 g/mol. The molecular formula is C30H22N2. The lowest BCUT2D eigenvalue weighted by Crippen LogP contribution is -2.15. The highest BCUT2D eigenvalue weighted by Crippen LogP contribution is 2.51. The summed E-state index contributed by atoms with van der Waals surface area (Å²) in [6.07, 6.45) is 1.85. The summed E-state index contributed by atoms with van der Waals surface area (Å²) >= 11 is 0. The maximum absolute atomic E-state index is 4.55. The standard InChI is InChI=1S/C30H22N2/c1-30(2)25-8-4-3-7-20(25)21-12-10-18-16-28-24(17-22(18)29(21)30)23-15-19(11-13-27(23)32-28)26-9-5-6-14-31-26/h3-17,32H,1-2H3. The van der Waals surface area contributed by atoms with Gasteiger partial charge >= 0.3 is 0 Å². The van der Waals surface area contributed by atoms with Gasteiger partial charge in [-0.2, -0.15) is 0 Å². The minimum atomic E-state index is -0.0235. The summed E-state index contributed by atoms with van der Waals surface area (Å²) in [5.74, 6) is 0. The molecule has 4 aromatic carbocycles. The van der Waals surface area contributed by atoms with Gasteiger partial charge in [0.1, 0.15) is 0 Å². The smallest absolute Gasteiger partial charge is 0.0702 e. The third kappa shape index (κ3) is 2.27. The number of aromatic amines is 1. The van der Waals surface area contributed by atoms with E-state index in [1.165, 1.54) is 49.3 Å². The van der Waals surface area contributed by atoms with Crippen molar-refractivity contribution in [1.29, 1.82) is 0 Å². The number of aromatic nitrogens is 2. The van der Waals surface area contributed by atoms with E-state index in [0.29, 0.717) is 0 Å². The van der Waals surface area contributed by atoms with Crippen LogP contribution < -0.4 is 0 Å². The number of hydrogen-bond donors (Lipinski definition) is 1. The van der Waals surface area contributed by atoms with E-state index in [-0.39, 0.29) is 5.41 Å². The summed E-state index contributed by atoms with van der Waals surface area (Å²) in [7, 11) is 0. The van der Waals surface area contributed by atoms with Gasteiger partial charge in [0, 0.05) is 39.0 Å². The van der Waals surface area contributed by atoms with Gasteiger partial charge in [0.05, 0.1) is 5.69 Å². The van der Waals surface area contributed by atoms with Crippen molar-refractivity contribution < 1.29 is 0 Å². The van der Waals surface area contributed by atoms with Gasteiger partial charge in [-0.1, -0.05) is 62.4 Å². The van der Waals surface area contributed by atoms with Crippen LogP contribution in [0.1, 0.15) is 25.0 Å². The highest BCUT2D eigenvalue weighted by atomic mass is 14.7. The Morgan fingerprint density at radius 3 is 2.41 bits per heavy atom. The summed E-state index contributed by atoms with van der Waals surface area (Å²) in [6.45, 7) is 4.71. The number of hydrogen-bond acceptors (Lipinski definition) is 1. The number of benzene rings is 4. The Morgan fingerprint density at radius 1 is 0.688 bits per heavy atom. The fraction of sp³-hybridized carbons (Fsp3) is 0.100. The molecule has 0 bridgehead atoms. The Balaban J connectivity index is 1.55. The van der Waals surface area contributed by atoms with Crippen LogP contribution >= 0.6 is 0 Å². The molecule has 1 aliphatic rings. The minimum absolute atomic E-state index is 0.0235. The van der Waals surface area contributed by atoms with Gasteiger partial charge in [0.15, 0.2) is 0 Å². The second-order valence-corrected chi connectivity index (χ2v) is 9.38. The molecule has 0 unspecified atom stereocenters. The molecule has 1 aliphatic carbocycles. The second kappa shape index (κ2) is 6.08. The quantitative estimate of drug-likeness (QED) is 0.294. The predicted molar refractivity (Wildman–Crippen MR) is 134 cm³/mol. The van der Waals surface area contributed by atoms with E-state index in [4.69, 9.17) is 0 Å². The monoisotopic (exact) mass is 410 g/mol. The van der Waals surface area contributed by atoms with Crippen LogP contribution in [0.2, 0.25) is 0 Å². The SMILES string of the molecule is CC1(C)c2ccccc2-c2ccc3cc4[nH]c5ccc(-c6ccccn6)cc5c4cc3c21. The van der Waals surface area contributed by atoms with Crippen LogP contribution in [0.25, 0.3) is 55.0 Å². The Kier molecular flexibility index (Phi) is 3.37. The first kappa shape index (κ1) is 17.7. The fourth-order valence-corrected chi connectivity index (χ4v) is 5.71. The van der Waals surface area contributed by atoms with Crippen molar-refractivity contribution in [3.05, 3.63) is 102 Å². The predicted octanol–water partition coefficient (Wildman–Crippen LogP) is 7.84. The lowest BCUT2D eigenvalue weighted by Gasteiger charge is -2.23. The van der Waals surface area contributed by atoms with Gasteiger partial charge in [-0.3, -0.25) is 4.98 Å². The Bertz CT molecular complexity index is 1690. The molecule has 32 heavy (non-hydrogen) atoms. The fourth-order valence-electron chi connectivity index (χ4n) is 5.71. The summed E-state index contributed by atoms with van der Waals surface area (Å²) in [6, 6.07) is 30.8. The number of H-pyrrole nitrogens is 1. The summed E-state index contributed by atoms with van der Waals surface area (Å²) in [5.41, 5.74) is 10.1. The van der Waals surface area contributed by atoms with Crippen molar-refractivity contribution in [2.45, 2.75) is 19.3 Å². The molecule has 0 radical (unpaired) electrons. The summed E-state index contributed by atoms with van der Waals surface area (Å²) < 4.78 is 0. The molecule has 7 rings (SSSR count). The van der Waals surface area contributed by atoms with Crippen LogP contribution in [0.15, 0.2) is 91.1 Å². The molecule has 2 nitrogen and oxygen atoms in total. The maximum atomic E-state index is 4.55. The molecule has 0 atom stereocenters. The highest BCUT2D eigenvalue weighted by molar-refractivity contribution is 6.14. The lowest BCUT2D eigenvalue weighted by atomic mass is 9.80. The number of nitrogens with zero attached hydrogens (tertiary/aromatic N) is 1. The second-order valence-electron chi connectivity index (χ2n) is 9.38. The van der Waals surface area contributed by atoms with Crippen LogP contribution in [0.3, 0.4) is 0 Å². The molecule has 0 saturated heterocycles. The molecule has 0 fully saturated rings. The van der Waals surface area contributed by atoms with Gasteiger partial charge in [-0.25, -0.2) is 0 Å². The zero-order valence-corrected chi connectivity index (χ0v) is 18.1. The third-order valence-electron chi connectivity index (χ3n) is 7.21. The van der Waals surface area contributed by atoms with E-state index in [1.54, 1.807) is 0 Å². The molecule has 2 aromatic heterocycles. The van der Waals surface area contributed by atoms with E-state index in [9.17, 15) is 0 Å². The average molecular weight is 411 g/mol. The first-order chi connectivity index (χ1) is 15.6. The van der Waals surface area contributed by atoms with Crippen molar-refractivity contribution in [3.63, 3.8) is 0 Å². The molecule has 152 valence electrons. The van der Waals surface area contributed by atoms with Gasteiger partial charge in [0.2, 0.25) is 0 Å². The van der Waals surface area contributed by atoms with E-state index >= 15 is 0 Å². The van der Waals surface area contributed by atoms with Gasteiger partial charge in [-0.05, 0) is 69.4 Å². The van der Waals surface area contributed by atoms with Crippen molar-refractivity contribution >= 4 is 32.6 Å². The van der Waals surface area contributed by atoms with Crippen molar-refractivity contribution in [2.24, 2.45) is 0 Å². The van der Waals surface area contributed by atoms with Crippen LogP contribution in [-0.4, -0.2) is 9.97 Å².